The van der Waals surface area contributed by atoms with Crippen molar-refractivity contribution in [2.75, 3.05) is 12.3 Å². The average Bonchev–Trinajstić information content (AvgIpc) is 2.88. The third-order valence-electron chi connectivity index (χ3n) is 5.82. The Balaban J connectivity index is 1.89. The first-order valence-electron chi connectivity index (χ1n) is 12.1. The van der Waals surface area contributed by atoms with E-state index in [0.717, 1.165) is 28.9 Å². The van der Waals surface area contributed by atoms with Crippen molar-refractivity contribution in [1.82, 2.24) is 10.2 Å². The Hall–Kier alpha value is -2.47. The van der Waals surface area contributed by atoms with Gasteiger partial charge in [-0.15, -0.1) is 11.8 Å². The minimum Gasteiger partial charge on any atom is -0.354 e. The molecule has 0 radical (unpaired) electrons. The molecule has 1 N–H and O–H groups in total. The molecule has 1 unspecified atom stereocenters. The molecule has 3 aromatic carbocycles. The minimum absolute atomic E-state index is 0.113. The highest BCUT2D eigenvalue weighted by Gasteiger charge is 2.30. The number of carbonyl (C=O) groups is 2. The Labute approximate surface area is 228 Å². The van der Waals surface area contributed by atoms with Gasteiger partial charge < -0.3 is 10.2 Å². The molecule has 3 rings (SSSR count). The molecule has 0 aliphatic carbocycles. The van der Waals surface area contributed by atoms with E-state index >= 15 is 0 Å². The van der Waals surface area contributed by atoms with Crippen LogP contribution >= 0.6 is 35.0 Å². The topological polar surface area (TPSA) is 49.4 Å². The van der Waals surface area contributed by atoms with Crippen molar-refractivity contribution in [3.63, 3.8) is 0 Å². The molecule has 3 aromatic rings. The number of hydrogen-bond acceptors (Lipinski definition) is 3. The smallest absolute Gasteiger partial charge is 0.243 e. The van der Waals surface area contributed by atoms with Crippen LogP contribution in [0, 0.1) is 6.92 Å². The normalized spacial score (nSPS) is 11.7. The van der Waals surface area contributed by atoms with Gasteiger partial charge in [0.1, 0.15) is 6.04 Å². The SMILES string of the molecule is CCCCNC(=O)C(Cc1ccccc1)N(Cc1ccc(Cl)c(Cl)c1)C(=O)CSc1ccc(C)cc1. The molecule has 0 saturated heterocycles. The van der Waals surface area contributed by atoms with Crippen LogP contribution in [0.2, 0.25) is 10.0 Å². The van der Waals surface area contributed by atoms with Crippen molar-refractivity contribution in [3.05, 3.63) is 99.5 Å². The van der Waals surface area contributed by atoms with E-state index in [9.17, 15) is 9.59 Å². The summed E-state index contributed by atoms with van der Waals surface area (Å²) in [6.07, 6.45) is 2.28. The molecule has 2 amide bonds. The fraction of sp³-hybridized carbons (Fsp3) is 0.310. The van der Waals surface area contributed by atoms with Crippen LogP contribution in [0.4, 0.5) is 0 Å². The molecule has 0 spiro atoms. The number of aryl methyl sites for hydroxylation is 1. The number of thioether (sulfide) groups is 1. The number of nitrogens with zero attached hydrogens (tertiary/aromatic N) is 1. The van der Waals surface area contributed by atoms with Crippen molar-refractivity contribution >= 4 is 46.8 Å². The third-order valence-corrected chi connectivity index (χ3v) is 7.56. The number of halogens is 2. The molecular formula is C29H32Cl2N2O2S. The van der Waals surface area contributed by atoms with E-state index in [2.05, 4.69) is 12.2 Å². The molecule has 0 bridgehead atoms. The van der Waals surface area contributed by atoms with E-state index in [1.807, 2.05) is 67.6 Å². The fourth-order valence-corrected chi connectivity index (χ4v) is 4.86. The molecule has 190 valence electrons. The van der Waals surface area contributed by atoms with E-state index < -0.39 is 6.04 Å². The van der Waals surface area contributed by atoms with Gasteiger partial charge in [-0.1, -0.05) is 90.6 Å². The maximum Gasteiger partial charge on any atom is 0.243 e. The second kappa shape index (κ2) is 14.3. The predicted molar refractivity (Wildman–Crippen MR) is 151 cm³/mol. The minimum atomic E-state index is -0.662. The number of hydrogen-bond donors (Lipinski definition) is 1. The second-order valence-corrected chi connectivity index (χ2v) is 10.6. The average molecular weight is 544 g/mol. The summed E-state index contributed by atoms with van der Waals surface area (Å²) in [6, 6.07) is 22.5. The van der Waals surface area contributed by atoms with Gasteiger partial charge in [0.05, 0.1) is 15.8 Å². The van der Waals surface area contributed by atoms with Gasteiger partial charge in [-0.05, 0) is 48.7 Å². The summed E-state index contributed by atoms with van der Waals surface area (Å²) in [4.78, 5) is 29.8. The maximum absolute atomic E-state index is 13.7. The van der Waals surface area contributed by atoms with Gasteiger partial charge in [0, 0.05) is 24.4 Å². The van der Waals surface area contributed by atoms with Crippen molar-refractivity contribution in [2.24, 2.45) is 0 Å². The molecule has 0 aromatic heterocycles. The largest absolute Gasteiger partial charge is 0.354 e. The number of amides is 2. The summed E-state index contributed by atoms with van der Waals surface area (Å²) in [5, 5.41) is 3.91. The molecule has 0 aliphatic rings. The van der Waals surface area contributed by atoms with Crippen LogP contribution in [0.1, 0.15) is 36.5 Å². The summed E-state index contributed by atoms with van der Waals surface area (Å²) in [6.45, 7) is 4.94. The van der Waals surface area contributed by atoms with Crippen molar-refractivity contribution in [2.45, 2.75) is 50.6 Å². The lowest BCUT2D eigenvalue weighted by Gasteiger charge is -2.31. The number of carbonyl (C=O) groups excluding carboxylic acids is 2. The summed E-state index contributed by atoms with van der Waals surface area (Å²) >= 11 is 13.9. The zero-order valence-corrected chi connectivity index (χ0v) is 23.0. The van der Waals surface area contributed by atoms with Crippen LogP contribution < -0.4 is 5.32 Å². The Morgan fingerprint density at radius 1 is 0.944 bits per heavy atom. The first kappa shape index (κ1) is 28.1. The maximum atomic E-state index is 13.7. The first-order valence-corrected chi connectivity index (χ1v) is 13.9. The fourth-order valence-electron chi connectivity index (χ4n) is 3.76. The van der Waals surface area contributed by atoms with E-state index in [1.54, 1.807) is 17.0 Å². The summed E-state index contributed by atoms with van der Waals surface area (Å²) in [5.41, 5.74) is 2.97. The van der Waals surface area contributed by atoms with E-state index in [4.69, 9.17) is 23.2 Å². The lowest BCUT2D eigenvalue weighted by Crippen LogP contribution is -2.51. The zero-order valence-electron chi connectivity index (χ0n) is 20.7. The highest BCUT2D eigenvalue weighted by Crippen LogP contribution is 2.25. The van der Waals surface area contributed by atoms with Crippen LogP contribution in [0.5, 0.6) is 0 Å². The summed E-state index contributed by atoms with van der Waals surface area (Å²) in [7, 11) is 0. The highest BCUT2D eigenvalue weighted by molar-refractivity contribution is 8.00. The van der Waals surface area contributed by atoms with Gasteiger partial charge in [0.2, 0.25) is 11.8 Å². The predicted octanol–water partition coefficient (Wildman–Crippen LogP) is 6.95. The second-order valence-electron chi connectivity index (χ2n) is 8.72. The Kier molecular flexibility index (Phi) is 11.2. The highest BCUT2D eigenvalue weighted by atomic mass is 35.5. The monoisotopic (exact) mass is 542 g/mol. The summed E-state index contributed by atoms with van der Waals surface area (Å²) in [5.74, 6) is -0.0444. The van der Waals surface area contributed by atoms with E-state index in [1.165, 1.54) is 17.3 Å². The van der Waals surface area contributed by atoms with Crippen LogP contribution in [0.25, 0.3) is 0 Å². The van der Waals surface area contributed by atoms with Crippen molar-refractivity contribution < 1.29 is 9.59 Å². The van der Waals surface area contributed by atoms with Gasteiger partial charge in [-0.3, -0.25) is 9.59 Å². The van der Waals surface area contributed by atoms with Gasteiger partial charge >= 0.3 is 0 Å². The van der Waals surface area contributed by atoms with Crippen molar-refractivity contribution in [3.8, 4) is 0 Å². The van der Waals surface area contributed by atoms with Crippen LogP contribution in [0.15, 0.2) is 77.7 Å². The molecule has 7 heteroatoms. The number of unbranched alkanes of at least 4 members (excludes halogenated alkanes) is 1. The van der Waals surface area contributed by atoms with Crippen molar-refractivity contribution in [1.29, 1.82) is 0 Å². The Morgan fingerprint density at radius 3 is 2.33 bits per heavy atom. The number of benzene rings is 3. The lowest BCUT2D eigenvalue weighted by atomic mass is 10.0. The molecule has 0 saturated carbocycles. The van der Waals surface area contributed by atoms with Crippen LogP contribution in [-0.2, 0) is 22.6 Å². The standard InChI is InChI=1S/C29H32Cl2N2O2S/c1-3-4-16-32-29(35)27(18-22-8-6-5-7-9-22)33(19-23-12-15-25(30)26(31)17-23)28(34)20-36-24-13-10-21(2)11-14-24/h5-15,17,27H,3-4,16,18-20H2,1-2H3,(H,32,35). The van der Waals surface area contributed by atoms with Gasteiger partial charge in [0.25, 0.3) is 0 Å². The third kappa shape index (κ3) is 8.58. The molecule has 0 heterocycles. The lowest BCUT2D eigenvalue weighted by molar-refractivity contribution is -0.139. The number of nitrogens with one attached hydrogen (secondary N) is 1. The number of rotatable bonds is 12. The van der Waals surface area contributed by atoms with Gasteiger partial charge in [0.15, 0.2) is 0 Å². The Bertz CT molecular complexity index is 1140. The molecule has 4 nitrogen and oxygen atoms in total. The summed E-state index contributed by atoms with van der Waals surface area (Å²) < 4.78 is 0. The Morgan fingerprint density at radius 2 is 1.67 bits per heavy atom. The first-order chi connectivity index (χ1) is 17.4. The van der Waals surface area contributed by atoms with E-state index in [0.29, 0.717) is 23.0 Å². The quantitative estimate of drug-likeness (QED) is 0.199. The van der Waals surface area contributed by atoms with Crippen LogP contribution in [-0.4, -0.2) is 35.1 Å². The zero-order chi connectivity index (χ0) is 25.9. The van der Waals surface area contributed by atoms with Gasteiger partial charge in [-0.25, -0.2) is 0 Å². The van der Waals surface area contributed by atoms with Gasteiger partial charge in [-0.2, -0.15) is 0 Å². The molecule has 0 aliphatic heterocycles. The molecule has 0 fully saturated rings. The molecular weight excluding hydrogens is 511 g/mol. The van der Waals surface area contributed by atoms with Crippen LogP contribution in [0.3, 0.4) is 0 Å². The van der Waals surface area contributed by atoms with E-state index in [-0.39, 0.29) is 24.1 Å². The molecule has 1 atom stereocenters. The molecule has 36 heavy (non-hydrogen) atoms.